The molecule has 4 heteroatoms. The highest BCUT2D eigenvalue weighted by Gasteiger charge is 2.36. The van der Waals surface area contributed by atoms with E-state index in [4.69, 9.17) is 0 Å². The molecule has 1 N–H and O–H groups in total. The first-order chi connectivity index (χ1) is 11.1. The van der Waals surface area contributed by atoms with Gasteiger partial charge < -0.3 is 10.0 Å². The van der Waals surface area contributed by atoms with Gasteiger partial charge in [-0.25, -0.2) is 4.79 Å². The van der Waals surface area contributed by atoms with Crippen LogP contribution in [0, 0.1) is 17.8 Å². The summed E-state index contributed by atoms with van der Waals surface area (Å²) in [5.41, 5.74) is 0.316. The van der Waals surface area contributed by atoms with Gasteiger partial charge in [-0.3, -0.25) is 4.79 Å². The first kappa shape index (κ1) is 16.5. The summed E-state index contributed by atoms with van der Waals surface area (Å²) >= 11 is 0. The number of carbonyl (C=O) groups is 2. The maximum Gasteiger partial charge on any atom is 0.331 e. The minimum absolute atomic E-state index is 0.0175. The summed E-state index contributed by atoms with van der Waals surface area (Å²) in [6.45, 7) is 1.69. The molecular formula is C19H29NO3. The van der Waals surface area contributed by atoms with Crippen LogP contribution >= 0.6 is 0 Å². The second-order valence-electron chi connectivity index (χ2n) is 7.68. The zero-order valence-electron chi connectivity index (χ0n) is 14.0. The van der Waals surface area contributed by atoms with Crippen molar-refractivity contribution in [2.75, 3.05) is 13.1 Å². The SMILES string of the molecule is O=C(O)C(=CC1CCCCC1)CC(=O)N1CC2CCCCC2C1. The fourth-order valence-electron chi connectivity index (χ4n) is 4.68. The molecule has 23 heavy (non-hydrogen) atoms. The second kappa shape index (κ2) is 7.50. The Morgan fingerprint density at radius 1 is 0.913 bits per heavy atom. The third-order valence-electron chi connectivity index (χ3n) is 6.03. The maximum absolute atomic E-state index is 12.6. The predicted octanol–water partition coefficient (Wildman–Crippen LogP) is 3.62. The molecule has 0 aromatic carbocycles. The summed E-state index contributed by atoms with van der Waals surface area (Å²) < 4.78 is 0. The van der Waals surface area contributed by atoms with Crippen molar-refractivity contribution < 1.29 is 14.7 Å². The molecule has 1 amide bonds. The number of allylic oxidation sites excluding steroid dienone is 1. The molecule has 2 unspecified atom stereocenters. The van der Waals surface area contributed by atoms with Crippen LogP contribution in [-0.2, 0) is 9.59 Å². The third-order valence-corrected chi connectivity index (χ3v) is 6.03. The van der Waals surface area contributed by atoms with E-state index in [9.17, 15) is 14.7 Å². The van der Waals surface area contributed by atoms with Crippen LogP contribution in [0.2, 0.25) is 0 Å². The van der Waals surface area contributed by atoms with Crippen molar-refractivity contribution >= 4 is 11.9 Å². The highest BCUT2D eigenvalue weighted by atomic mass is 16.4. The van der Waals surface area contributed by atoms with Gasteiger partial charge in [0.05, 0.1) is 6.42 Å². The topological polar surface area (TPSA) is 57.6 Å². The van der Waals surface area contributed by atoms with Crippen molar-refractivity contribution in [2.45, 2.75) is 64.2 Å². The summed E-state index contributed by atoms with van der Waals surface area (Å²) in [6, 6.07) is 0. The minimum Gasteiger partial charge on any atom is -0.478 e. The second-order valence-corrected chi connectivity index (χ2v) is 7.68. The molecule has 4 nitrogen and oxygen atoms in total. The number of amides is 1. The number of carbonyl (C=O) groups excluding carboxylic acids is 1. The molecule has 2 aliphatic carbocycles. The lowest BCUT2D eigenvalue weighted by Crippen LogP contribution is -2.30. The number of carboxylic acid groups (broad SMARTS) is 1. The number of hydrogen-bond donors (Lipinski definition) is 1. The molecule has 0 bridgehead atoms. The lowest BCUT2D eigenvalue weighted by molar-refractivity contribution is -0.136. The molecule has 1 aliphatic heterocycles. The lowest BCUT2D eigenvalue weighted by Gasteiger charge is -2.22. The Balaban J connectivity index is 1.60. The number of nitrogens with zero attached hydrogens (tertiary/aromatic N) is 1. The number of likely N-dealkylation sites (tertiary alicyclic amines) is 1. The Morgan fingerprint density at radius 3 is 2.04 bits per heavy atom. The van der Waals surface area contributed by atoms with Crippen molar-refractivity contribution in [1.29, 1.82) is 0 Å². The number of aliphatic carboxylic acids is 1. The van der Waals surface area contributed by atoms with Gasteiger partial charge in [0.2, 0.25) is 5.91 Å². The molecule has 3 rings (SSSR count). The van der Waals surface area contributed by atoms with Gasteiger partial charge in [0, 0.05) is 18.7 Å². The van der Waals surface area contributed by atoms with E-state index in [1.165, 1.54) is 44.9 Å². The summed E-state index contributed by atoms with van der Waals surface area (Å²) in [5, 5.41) is 9.46. The summed E-state index contributed by atoms with van der Waals surface area (Å²) in [7, 11) is 0. The molecule has 2 saturated carbocycles. The lowest BCUT2D eigenvalue weighted by atomic mass is 9.82. The fraction of sp³-hybridized carbons (Fsp3) is 0.789. The fourth-order valence-corrected chi connectivity index (χ4v) is 4.68. The van der Waals surface area contributed by atoms with Gasteiger partial charge in [-0.1, -0.05) is 38.2 Å². The molecule has 0 aromatic rings. The van der Waals surface area contributed by atoms with Gasteiger partial charge in [-0.2, -0.15) is 0 Å². The van der Waals surface area contributed by atoms with E-state index in [2.05, 4.69) is 0 Å². The van der Waals surface area contributed by atoms with Gasteiger partial charge in [0.1, 0.15) is 0 Å². The molecular weight excluding hydrogens is 290 g/mol. The van der Waals surface area contributed by atoms with Gasteiger partial charge in [-0.15, -0.1) is 0 Å². The molecule has 1 heterocycles. The number of carboxylic acids is 1. The Morgan fingerprint density at radius 2 is 1.48 bits per heavy atom. The zero-order valence-corrected chi connectivity index (χ0v) is 14.0. The van der Waals surface area contributed by atoms with Crippen LogP contribution in [-0.4, -0.2) is 35.0 Å². The van der Waals surface area contributed by atoms with Crippen LogP contribution in [0.15, 0.2) is 11.6 Å². The van der Waals surface area contributed by atoms with Crippen LogP contribution in [0.5, 0.6) is 0 Å². The average Bonchev–Trinajstić information content (AvgIpc) is 2.99. The Bertz CT molecular complexity index is 465. The Kier molecular flexibility index (Phi) is 5.39. The quantitative estimate of drug-likeness (QED) is 0.805. The van der Waals surface area contributed by atoms with E-state index in [1.54, 1.807) is 0 Å². The summed E-state index contributed by atoms with van der Waals surface area (Å²) in [5.74, 6) is 0.764. The van der Waals surface area contributed by atoms with Crippen LogP contribution in [0.1, 0.15) is 64.2 Å². The highest BCUT2D eigenvalue weighted by molar-refractivity contribution is 5.94. The van der Waals surface area contributed by atoms with Crippen LogP contribution in [0.4, 0.5) is 0 Å². The molecule has 0 aromatic heterocycles. The Hall–Kier alpha value is -1.32. The van der Waals surface area contributed by atoms with Crippen molar-refractivity contribution in [3.05, 3.63) is 11.6 Å². The molecule has 1 saturated heterocycles. The maximum atomic E-state index is 12.6. The monoisotopic (exact) mass is 319 g/mol. The molecule has 2 atom stereocenters. The van der Waals surface area contributed by atoms with E-state index in [0.29, 0.717) is 23.3 Å². The van der Waals surface area contributed by atoms with Crippen molar-refractivity contribution in [2.24, 2.45) is 17.8 Å². The van der Waals surface area contributed by atoms with E-state index in [-0.39, 0.29) is 12.3 Å². The summed E-state index contributed by atoms with van der Waals surface area (Å²) in [6.07, 6.45) is 12.7. The third kappa shape index (κ3) is 4.15. The van der Waals surface area contributed by atoms with Crippen molar-refractivity contribution in [3.63, 3.8) is 0 Å². The molecule has 0 radical (unpaired) electrons. The zero-order chi connectivity index (χ0) is 16.2. The van der Waals surface area contributed by atoms with Crippen molar-refractivity contribution in [3.8, 4) is 0 Å². The number of hydrogen-bond acceptors (Lipinski definition) is 2. The van der Waals surface area contributed by atoms with E-state index in [1.807, 2.05) is 11.0 Å². The average molecular weight is 319 g/mol. The highest BCUT2D eigenvalue weighted by Crippen LogP contribution is 2.36. The van der Waals surface area contributed by atoms with Crippen LogP contribution < -0.4 is 0 Å². The largest absolute Gasteiger partial charge is 0.478 e. The predicted molar refractivity (Wildman–Crippen MR) is 88.9 cm³/mol. The van der Waals surface area contributed by atoms with Crippen LogP contribution in [0.25, 0.3) is 0 Å². The van der Waals surface area contributed by atoms with Gasteiger partial charge in [0.25, 0.3) is 0 Å². The van der Waals surface area contributed by atoms with E-state index >= 15 is 0 Å². The number of rotatable bonds is 4. The number of fused-ring (bicyclic) bond motifs is 1. The molecule has 3 aliphatic rings. The molecule has 0 spiro atoms. The molecule has 3 fully saturated rings. The Labute approximate surface area is 138 Å². The van der Waals surface area contributed by atoms with E-state index < -0.39 is 5.97 Å². The minimum atomic E-state index is -0.916. The molecule has 128 valence electrons. The standard InChI is InChI=1S/C19H29NO3/c21-18(20-12-15-8-4-5-9-16(15)13-20)11-17(19(22)23)10-14-6-2-1-3-7-14/h10,14-16H,1-9,11-13H2,(H,22,23). The van der Waals surface area contributed by atoms with E-state index in [0.717, 1.165) is 25.9 Å². The first-order valence-corrected chi connectivity index (χ1v) is 9.35. The van der Waals surface area contributed by atoms with Gasteiger partial charge >= 0.3 is 5.97 Å². The normalized spacial score (nSPS) is 29.4. The van der Waals surface area contributed by atoms with Gasteiger partial charge in [-0.05, 0) is 43.4 Å². The summed E-state index contributed by atoms with van der Waals surface area (Å²) in [4.78, 5) is 26.0. The first-order valence-electron chi connectivity index (χ1n) is 9.35. The van der Waals surface area contributed by atoms with Crippen molar-refractivity contribution in [1.82, 2.24) is 4.90 Å². The van der Waals surface area contributed by atoms with Crippen LogP contribution in [0.3, 0.4) is 0 Å². The van der Waals surface area contributed by atoms with Gasteiger partial charge in [0.15, 0.2) is 0 Å². The smallest absolute Gasteiger partial charge is 0.331 e.